The highest BCUT2D eigenvalue weighted by molar-refractivity contribution is 6.34. The number of carbonyl (C=O) groups is 2. The first-order chi connectivity index (χ1) is 16.5. The molecule has 35 heavy (non-hydrogen) atoms. The Morgan fingerprint density at radius 2 is 1.69 bits per heavy atom. The number of ether oxygens (including phenoxy) is 1. The third-order valence-electron chi connectivity index (χ3n) is 7.05. The zero-order valence-electron chi connectivity index (χ0n) is 19.2. The minimum absolute atomic E-state index is 0.00668. The molecule has 7 nitrogen and oxygen atoms in total. The van der Waals surface area contributed by atoms with E-state index in [1.807, 2.05) is 12.1 Å². The second-order valence-electron chi connectivity index (χ2n) is 9.10. The maximum absolute atomic E-state index is 13.7. The van der Waals surface area contributed by atoms with Crippen LogP contribution in [-0.4, -0.2) is 95.9 Å². The van der Waals surface area contributed by atoms with Gasteiger partial charge in [0.2, 0.25) is 11.8 Å². The van der Waals surface area contributed by atoms with E-state index in [0.717, 1.165) is 10.6 Å². The third kappa shape index (κ3) is 5.24. The lowest BCUT2D eigenvalue weighted by Crippen LogP contribution is -2.56. The Morgan fingerprint density at radius 3 is 2.23 bits per heavy atom. The summed E-state index contributed by atoms with van der Waals surface area (Å²) in [6, 6.07) is 6.42. The number of hydrogen-bond donors (Lipinski definition) is 0. The number of hydrazone groups is 1. The van der Waals surface area contributed by atoms with Gasteiger partial charge < -0.3 is 14.5 Å². The molecule has 0 spiro atoms. The number of alkyl halides is 4. The van der Waals surface area contributed by atoms with Gasteiger partial charge >= 0.3 is 6.18 Å². The highest BCUT2D eigenvalue weighted by atomic mass is 35.5. The van der Waals surface area contributed by atoms with Crippen molar-refractivity contribution in [2.24, 2.45) is 5.10 Å². The van der Waals surface area contributed by atoms with Crippen molar-refractivity contribution in [1.29, 1.82) is 0 Å². The molecule has 3 heterocycles. The first-order valence-electron chi connectivity index (χ1n) is 11.5. The molecule has 3 aliphatic rings. The van der Waals surface area contributed by atoms with E-state index in [1.165, 1.54) is 6.92 Å². The summed E-state index contributed by atoms with van der Waals surface area (Å²) in [5, 5.41) is 3.91. The van der Waals surface area contributed by atoms with Crippen molar-refractivity contribution in [3.63, 3.8) is 0 Å². The molecule has 1 aromatic rings. The second kappa shape index (κ2) is 10.1. The maximum Gasteiger partial charge on any atom is 0.432 e. The Hall–Kier alpha value is -2.04. The monoisotopic (exact) mass is 534 g/mol. The summed E-state index contributed by atoms with van der Waals surface area (Å²) in [5.74, 6) is -0.357. The van der Waals surface area contributed by atoms with E-state index < -0.39 is 28.7 Å². The van der Waals surface area contributed by atoms with Gasteiger partial charge in [0.25, 0.3) is 0 Å². The van der Waals surface area contributed by atoms with E-state index in [-0.39, 0.29) is 18.4 Å². The van der Waals surface area contributed by atoms with Gasteiger partial charge in [-0.3, -0.25) is 14.6 Å². The Bertz CT molecular complexity index is 975. The van der Waals surface area contributed by atoms with Crippen molar-refractivity contribution in [3.05, 3.63) is 34.9 Å². The lowest BCUT2D eigenvalue weighted by Gasteiger charge is -2.44. The van der Waals surface area contributed by atoms with Crippen LogP contribution in [0, 0.1) is 0 Å². The van der Waals surface area contributed by atoms with Gasteiger partial charge in [-0.2, -0.15) is 18.3 Å². The quantitative estimate of drug-likeness (QED) is 0.556. The normalized spacial score (nSPS) is 25.0. The van der Waals surface area contributed by atoms with Gasteiger partial charge in [-0.15, -0.1) is 11.6 Å². The topological polar surface area (TPSA) is 65.5 Å². The molecule has 2 saturated heterocycles. The van der Waals surface area contributed by atoms with Gasteiger partial charge in [0.05, 0.1) is 24.7 Å². The van der Waals surface area contributed by atoms with Crippen molar-refractivity contribution in [3.8, 4) is 0 Å². The number of rotatable bonds is 4. The summed E-state index contributed by atoms with van der Waals surface area (Å²) >= 11 is 12.0. The van der Waals surface area contributed by atoms with Crippen LogP contribution in [0.15, 0.2) is 29.4 Å². The van der Waals surface area contributed by atoms with Crippen LogP contribution in [0.3, 0.4) is 0 Å². The number of likely N-dealkylation sites (tertiary alicyclic amines) is 1. The molecule has 4 rings (SSSR count). The van der Waals surface area contributed by atoms with E-state index in [9.17, 15) is 22.8 Å². The average Bonchev–Trinajstić information content (AvgIpc) is 3.13. The van der Waals surface area contributed by atoms with Crippen molar-refractivity contribution in [2.75, 3.05) is 45.9 Å². The minimum atomic E-state index is -4.65. The molecular weight excluding hydrogens is 508 g/mol. The van der Waals surface area contributed by atoms with Crippen LogP contribution in [0.5, 0.6) is 0 Å². The highest BCUT2D eigenvalue weighted by Gasteiger charge is 2.49. The van der Waals surface area contributed by atoms with Gasteiger partial charge in [0.1, 0.15) is 11.9 Å². The number of morpholine rings is 1. The molecule has 3 aliphatic heterocycles. The lowest BCUT2D eigenvalue weighted by atomic mass is 9.71. The van der Waals surface area contributed by atoms with Crippen molar-refractivity contribution >= 4 is 40.7 Å². The van der Waals surface area contributed by atoms with E-state index in [0.29, 0.717) is 57.3 Å². The summed E-state index contributed by atoms with van der Waals surface area (Å²) in [6.45, 7) is 3.74. The van der Waals surface area contributed by atoms with E-state index in [2.05, 4.69) is 5.10 Å². The molecule has 0 N–H and O–H groups in total. The fourth-order valence-corrected chi connectivity index (χ4v) is 5.32. The second-order valence-corrected chi connectivity index (χ2v) is 10.0. The summed E-state index contributed by atoms with van der Waals surface area (Å²) in [5.41, 5.74) is -1.07. The van der Waals surface area contributed by atoms with Crippen molar-refractivity contribution < 1.29 is 27.5 Å². The van der Waals surface area contributed by atoms with Crippen LogP contribution in [-0.2, 0) is 19.7 Å². The van der Waals surface area contributed by atoms with Crippen molar-refractivity contribution in [1.82, 2.24) is 14.8 Å². The number of amides is 2. The van der Waals surface area contributed by atoms with Crippen LogP contribution < -0.4 is 0 Å². The van der Waals surface area contributed by atoms with Gasteiger partial charge in [-0.1, -0.05) is 23.7 Å². The predicted molar refractivity (Wildman–Crippen MR) is 126 cm³/mol. The summed E-state index contributed by atoms with van der Waals surface area (Å²) < 4.78 is 44.9. The smallest absolute Gasteiger partial charge is 0.378 e. The Kier molecular flexibility index (Phi) is 7.54. The van der Waals surface area contributed by atoms with Crippen LogP contribution in [0.25, 0.3) is 0 Å². The van der Waals surface area contributed by atoms with Gasteiger partial charge in [0, 0.05) is 31.2 Å². The van der Waals surface area contributed by atoms with E-state index >= 15 is 0 Å². The molecule has 1 aromatic carbocycles. The molecule has 12 heteroatoms. The van der Waals surface area contributed by atoms with Crippen LogP contribution in [0.4, 0.5) is 13.2 Å². The Labute approximate surface area is 211 Å². The standard InChI is InChI=1S/C23H27Cl2F3N4O3/c1-15-19(25)20(23(26,27)28)29-32(15)14-18(33)30-8-6-22(7-9-30,16-2-4-17(24)5-3-16)21(34)31-10-12-35-13-11-31/h2-5,15,19H,6-14H2,1H3. The zero-order chi connectivity index (χ0) is 25.4. The first kappa shape index (κ1) is 26.0. The number of carbonyl (C=O) groups excluding carboxylic acids is 2. The maximum atomic E-state index is 13.7. The fourth-order valence-electron chi connectivity index (χ4n) is 4.90. The Morgan fingerprint density at radius 1 is 1.09 bits per heavy atom. The molecule has 0 bridgehead atoms. The molecule has 0 radical (unpaired) electrons. The summed E-state index contributed by atoms with van der Waals surface area (Å²) in [7, 11) is 0. The average molecular weight is 535 g/mol. The number of nitrogens with zero attached hydrogens (tertiary/aromatic N) is 4. The third-order valence-corrected chi connectivity index (χ3v) is 7.88. The zero-order valence-corrected chi connectivity index (χ0v) is 20.7. The number of hydrogen-bond acceptors (Lipinski definition) is 5. The summed E-state index contributed by atoms with van der Waals surface area (Å²) in [6.07, 6.45) is -3.87. The lowest BCUT2D eigenvalue weighted by molar-refractivity contribution is -0.146. The van der Waals surface area contributed by atoms with E-state index in [4.69, 9.17) is 27.9 Å². The Balaban J connectivity index is 1.48. The highest BCUT2D eigenvalue weighted by Crippen LogP contribution is 2.39. The molecule has 0 saturated carbocycles. The van der Waals surface area contributed by atoms with E-state index in [1.54, 1.807) is 21.9 Å². The molecule has 2 amide bonds. The van der Waals surface area contributed by atoms with Gasteiger partial charge in [-0.05, 0) is 37.5 Å². The van der Waals surface area contributed by atoms with Crippen LogP contribution in [0.2, 0.25) is 5.02 Å². The van der Waals surface area contributed by atoms with Crippen LogP contribution in [0.1, 0.15) is 25.3 Å². The first-order valence-corrected chi connectivity index (χ1v) is 12.3. The molecule has 192 valence electrons. The molecule has 0 aliphatic carbocycles. The number of piperidine rings is 1. The minimum Gasteiger partial charge on any atom is -0.378 e. The van der Waals surface area contributed by atoms with Gasteiger partial charge in [-0.25, -0.2) is 0 Å². The molecule has 2 fully saturated rings. The summed E-state index contributed by atoms with van der Waals surface area (Å²) in [4.78, 5) is 30.1. The fraction of sp³-hybridized carbons (Fsp3) is 0.609. The molecule has 2 atom stereocenters. The SMILES string of the molecule is CC1C(Cl)C(C(F)(F)F)=NN1CC(=O)N1CCC(C(=O)N2CCOCC2)(c2ccc(Cl)cc2)CC1. The number of benzene rings is 1. The van der Waals surface area contributed by atoms with Crippen molar-refractivity contribution in [2.45, 2.75) is 42.8 Å². The molecular formula is C23H27Cl2F3N4O3. The predicted octanol–water partition coefficient (Wildman–Crippen LogP) is 3.29. The number of halogens is 5. The molecule has 2 unspecified atom stereocenters. The van der Waals surface area contributed by atoms with Gasteiger partial charge in [0.15, 0.2) is 5.71 Å². The molecule has 0 aromatic heterocycles. The largest absolute Gasteiger partial charge is 0.432 e. The van der Waals surface area contributed by atoms with Crippen LogP contribution >= 0.6 is 23.2 Å².